The van der Waals surface area contributed by atoms with E-state index < -0.39 is 0 Å². The van der Waals surface area contributed by atoms with Gasteiger partial charge in [0.15, 0.2) is 0 Å². The maximum Gasteiger partial charge on any atom is 0.264 e. The first kappa shape index (κ1) is 4.05. The topological polar surface area (TPSA) is 45.8 Å². The lowest BCUT2D eigenvalue weighted by Crippen LogP contribution is -2.02. The van der Waals surface area contributed by atoms with Crippen molar-refractivity contribution in [3.8, 4) is 0 Å². The summed E-state index contributed by atoms with van der Waals surface area (Å²) in [6.45, 7) is 0. The highest BCUT2D eigenvalue weighted by Crippen LogP contribution is 1.60. The van der Waals surface area contributed by atoms with Crippen molar-refractivity contribution >= 4 is 0 Å². The fraction of sp³-hybridized carbons (Fsp3) is 0. The van der Waals surface area contributed by atoms with Crippen LogP contribution in [0.2, 0.25) is 0 Å². The van der Waals surface area contributed by atoms with Crippen molar-refractivity contribution in [2.24, 2.45) is 0 Å². The van der Waals surface area contributed by atoms with Crippen LogP contribution >= 0.6 is 0 Å². The summed E-state index contributed by atoms with van der Waals surface area (Å²) in [5, 5.41) is 5.67. The minimum absolute atomic E-state index is 0.164. The second-order valence-corrected chi connectivity index (χ2v) is 1.11. The summed E-state index contributed by atoms with van der Waals surface area (Å²) in [5.41, 5.74) is -0.164. The fourth-order valence-electron chi connectivity index (χ4n) is 0.312. The Bertz CT molecular complexity index is 175. The van der Waals surface area contributed by atoms with E-state index in [-0.39, 0.29) is 5.56 Å². The van der Waals surface area contributed by atoms with Crippen LogP contribution in [-0.4, -0.2) is 10.2 Å². The molecule has 1 aromatic heterocycles. The van der Waals surface area contributed by atoms with Crippen LogP contribution in [0.4, 0.5) is 0 Å². The van der Waals surface area contributed by atoms with Crippen molar-refractivity contribution in [3.63, 3.8) is 0 Å². The number of hydrogen-bond acceptors (Lipinski definition) is 2. The minimum atomic E-state index is -0.164. The van der Waals surface area contributed by atoms with E-state index in [1.807, 2.05) is 0 Å². The van der Waals surface area contributed by atoms with Gasteiger partial charge in [0, 0.05) is 12.3 Å². The average molecular weight is 98.1 g/mol. The molecule has 0 bridgehead atoms. The average Bonchev–Trinajstić information content (AvgIpc) is 1.69. The van der Waals surface area contributed by atoms with Gasteiger partial charge in [0.2, 0.25) is 0 Å². The maximum atomic E-state index is 10.2. The number of H-pyrrole nitrogens is 1. The molecule has 3 heteroatoms. The second-order valence-electron chi connectivity index (χ2n) is 1.11. The van der Waals surface area contributed by atoms with Gasteiger partial charge in [-0.05, 0) is 6.07 Å². The molecule has 36 valence electrons. The Morgan fingerprint density at radius 3 is 2.86 bits per heavy atom. The highest BCUT2D eigenvalue weighted by molar-refractivity contribution is 4.81. The monoisotopic (exact) mass is 98.0 g/mol. The van der Waals surface area contributed by atoms with Gasteiger partial charge in [-0.25, -0.2) is 5.10 Å². The first-order chi connectivity index (χ1) is 3.39. The van der Waals surface area contributed by atoms with Crippen molar-refractivity contribution in [2.75, 3.05) is 0 Å². The van der Waals surface area contributed by atoms with Gasteiger partial charge in [0.25, 0.3) is 5.56 Å². The van der Waals surface area contributed by atoms with Crippen LogP contribution in [0.15, 0.2) is 23.1 Å². The SMILES string of the molecule is O=[14c]1cccn[nH]1. The van der Waals surface area contributed by atoms with E-state index >= 15 is 0 Å². The number of hydrogen-bond donors (Lipinski definition) is 1. The molecule has 0 aliphatic rings. The molecular weight excluding hydrogens is 94.0 g/mol. The second kappa shape index (κ2) is 1.55. The van der Waals surface area contributed by atoms with E-state index in [1.54, 1.807) is 6.07 Å². The van der Waals surface area contributed by atoms with Crippen molar-refractivity contribution in [3.05, 3.63) is 28.7 Å². The minimum Gasteiger partial charge on any atom is -0.268 e. The molecule has 0 saturated heterocycles. The van der Waals surface area contributed by atoms with Crippen LogP contribution in [0.5, 0.6) is 0 Å². The third kappa shape index (κ3) is 0.855. The Labute approximate surface area is 40.0 Å². The zero-order valence-electron chi connectivity index (χ0n) is 3.59. The Morgan fingerprint density at radius 2 is 2.57 bits per heavy atom. The molecule has 3 nitrogen and oxygen atoms in total. The lowest BCUT2D eigenvalue weighted by Gasteiger charge is -1.72. The van der Waals surface area contributed by atoms with Gasteiger partial charge in [0.05, 0.1) is 0 Å². The van der Waals surface area contributed by atoms with Gasteiger partial charge in [-0.1, -0.05) is 0 Å². The summed E-state index contributed by atoms with van der Waals surface area (Å²) in [4.78, 5) is 10.2. The maximum absolute atomic E-state index is 10.2. The molecule has 1 rings (SSSR count). The van der Waals surface area contributed by atoms with E-state index in [4.69, 9.17) is 0 Å². The van der Waals surface area contributed by atoms with E-state index in [0.717, 1.165) is 0 Å². The zero-order valence-corrected chi connectivity index (χ0v) is 3.59. The van der Waals surface area contributed by atoms with Crippen molar-refractivity contribution in [1.29, 1.82) is 0 Å². The molecule has 1 aromatic rings. The van der Waals surface area contributed by atoms with Crippen LogP contribution in [0.1, 0.15) is 0 Å². The Balaban J connectivity index is 3.28. The Morgan fingerprint density at radius 1 is 1.71 bits per heavy atom. The van der Waals surface area contributed by atoms with Gasteiger partial charge in [-0.15, -0.1) is 0 Å². The summed E-state index contributed by atoms with van der Waals surface area (Å²) in [6.07, 6.45) is 1.52. The molecule has 0 spiro atoms. The largest absolute Gasteiger partial charge is 0.268 e. The van der Waals surface area contributed by atoms with Gasteiger partial charge >= 0.3 is 0 Å². The smallest absolute Gasteiger partial charge is 0.264 e. The molecule has 1 N–H and O–H groups in total. The molecule has 0 unspecified atom stereocenters. The molecule has 0 amide bonds. The molecule has 0 fully saturated rings. The van der Waals surface area contributed by atoms with Crippen LogP contribution in [-0.2, 0) is 0 Å². The van der Waals surface area contributed by atoms with Crippen LogP contribution in [0.25, 0.3) is 0 Å². The summed E-state index contributed by atoms with van der Waals surface area (Å²) in [5.74, 6) is 0. The van der Waals surface area contributed by atoms with Gasteiger partial charge in [-0.3, -0.25) is 4.79 Å². The first-order valence-electron chi connectivity index (χ1n) is 1.89. The molecule has 1 heterocycles. The summed E-state index contributed by atoms with van der Waals surface area (Å²) < 4.78 is 0. The first-order valence-corrected chi connectivity index (χ1v) is 1.89. The van der Waals surface area contributed by atoms with Crippen molar-refractivity contribution in [1.82, 2.24) is 10.2 Å². The van der Waals surface area contributed by atoms with E-state index in [9.17, 15) is 4.79 Å². The number of nitrogens with one attached hydrogen (secondary N) is 1. The third-order valence-corrected chi connectivity index (χ3v) is 0.583. The fourth-order valence-corrected chi connectivity index (χ4v) is 0.312. The Hall–Kier alpha value is -1.12. The summed E-state index contributed by atoms with van der Waals surface area (Å²) in [7, 11) is 0. The molecule has 0 aliphatic heterocycles. The van der Waals surface area contributed by atoms with E-state index in [0.29, 0.717) is 0 Å². The van der Waals surface area contributed by atoms with Gasteiger partial charge in [-0.2, -0.15) is 5.10 Å². The third-order valence-electron chi connectivity index (χ3n) is 0.583. The molecule has 7 heavy (non-hydrogen) atoms. The Kier molecular flexibility index (Phi) is 0.898. The zero-order chi connectivity index (χ0) is 5.11. The van der Waals surface area contributed by atoms with Crippen molar-refractivity contribution < 1.29 is 0 Å². The lowest BCUT2D eigenvalue weighted by molar-refractivity contribution is 0.988. The normalized spacial score (nSPS) is 8.57. The van der Waals surface area contributed by atoms with Crippen LogP contribution < -0.4 is 5.56 Å². The molecule has 0 aliphatic carbocycles. The summed E-state index contributed by atoms with van der Waals surface area (Å²) in [6, 6.07) is 2.99. The number of rotatable bonds is 0. The predicted molar refractivity (Wildman–Crippen MR) is 24.9 cm³/mol. The van der Waals surface area contributed by atoms with Crippen LogP contribution in [0, 0.1) is 0 Å². The molecule has 0 atom stereocenters. The van der Waals surface area contributed by atoms with Crippen LogP contribution in [0.3, 0.4) is 0 Å². The number of aromatic amines is 1. The van der Waals surface area contributed by atoms with E-state index in [1.165, 1.54) is 12.3 Å². The van der Waals surface area contributed by atoms with E-state index in [2.05, 4.69) is 10.2 Å². The van der Waals surface area contributed by atoms with Crippen molar-refractivity contribution in [2.45, 2.75) is 0 Å². The quantitative estimate of drug-likeness (QED) is 0.487. The highest BCUT2D eigenvalue weighted by atomic mass is 16.3. The summed E-state index contributed by atoms with van der Waals surface area (Å²) >= 11 is 0. The number of nitrogens with zero attached hydrogens (tertiary/aromatic N) is 1. The predicted octanol–water partition coefficient (Wildman–Crippen LogP) is -0.230. The molecular formula is C4H4N2O. The number of aromatic nitrogens is 2. The van der Waals surface area contributed by atoms with Gasteiger partial charge < -0.3 is 0 Å². The van der Waals surface area contributed by atoms with Gasteiger partial charge in [0.1, 0.15) is 0 Å². The molecule has 0 aromatic carbocycles. The molecule has 0 saturated carbocycles. The lowest BCUT2D eigenvalue weighted by atomic mass is 10.7. The molecule has 0 radical (unpaired) electrons. The standard InChI is InChI=1S/C4H4N2O/c7-4-2-1-3-5-6-4/h1-3H,(H,6,7)/i4+2. The highest BCUT2D eigenvalue weighted by Gasteiger charge is 1.70.